The Hall–Kier alpha value is -1.07. The minimum Gasteiger partial charge on any atom is -0.330 e. The summed E-state index contributed by atoms with van der Waals surface area (Å²) >= 11 is 0. The van der Waals surface area contributed by atoms with Gasteiger partial charge in [0, 0.05) is 6.54 Å². The molecule has 0 amide bonds. The smallest absolute Gasteiger partial charge is 0.0806 e. The van der Waals surface area contributed by atoms with Crippen LogP contribution in [0.3, 0.4) is 0 Å². The fourth-order valence-corrected chi connectivity index (χ4v) is 10.8. The number of rotatable bonds is 11. The summed E-state index contributed by atoms with van der Waals surface area (Å²) in [4.78, 5) is 0. The van der Waals surface area contributed by atoms with Crippen molar-refractivity contribution in [2.24, 2.45) is 17.2 Å². The number of nitrogens with two attached hydrogens (primary N) is 3. The summed E-state index contributed by atoms with van der Waals surface area (Å²) in [5.74, 6) is 0. The zero-order chi connectivity index (χ0) is 27.8. The Labute approximate surface area is 236 Å². The van der Waals surface area contributed by atoms with Crippen LogP contribution < -0.4 is 37.9 Å². The van der Waals surface area contributed by atoms with Gasteiger partial charge in [-0.1, -0.05) is 147 Å². The van der Waals surface area contributed by atoms with Crippen LogP contribution in [0.4, 0.5) is 0 Å². The van der Waals surface area contributed by atoms with Crippen LogP contribution >= 0.6 is 0 Å². The molecule has 0 atom stereocenters. The van der Waals surface area contributed by atoms with Crippen LogP contribution in [-0.4, -0.2) is 53.4 Å². The van der Waals surface area contributed by atoms with E-state index in [-0.39, 0.29) is 7.43 Å². The molecule has 2 rings (SSSR count). The quantitative estimate of drug-likeness (QED) is 0.279. The molecule has 0 aliphatic heterocycles. The lowest BCUT2D eigenvalue weighted by atomic mass is 10.4. The molecule has 2 aromatic rings. The third-order valence-electron chi connectivity index (χ3n) is 6.90. The van der Waals surface area contributed by atoms with E-state index in [1.165, 1.54) is 12.1 Å². The second-order valence-corrected chi connectivity index (χ2v) is 27.3. The van der Waals surface area contributed by atoms with E-state index >= 15 is 0 Å². The minimum atomic E-state index is -1.29. The van der Waals surface area contributed by atoms with Gasteiger partial charge in [0.1, 0.15) is 0 Å². The molecule has 0 bridgehead atoms. The monoisotopic (exact) mass is 575 g/mol. The molecule has 3 nitrogen and oxygen atoms in total. The molecule has 2 aromatic carbocycles. The van der Waals surface area contributed by atoms with Crippen molar-refractivity contribution >= 4 is 54.5 Å². The summed E-state index contributed by atoms with van der Waals surface area (Å²) in [5.41, 5.74) is 16.2. The predicted molar refractivity (Wildman–Crippen MR) is 187 cm³/mol. The summed E-state index contributed by atoms with van der Waals surface area (Å²) in [5, 5.41) is 6.32. The molecule has 6 N–H and O–H groups in total. The molecular formula is C30H61N3Si4. The fourth-order valence-electron chi connectivity index (χ4n) is 4.02. The summed E-state index contributed by atoms with van der Waals surface area (Å²) in [6.45, 7) is 24.9. The van der Waals surface area contributed by atoms with Gasteiger partial charge < -0.3 is 17.2 Å². The molecule has 212 valence electrons. The highest BCUT2D eigenvalue weighted by molar-refractivity contribution is 6.91. The van der Waals surface area contributed by atoms with E-state index in [4.69, 9.17) is 17.2 Å². The first kappa shape index (κ1) is 38.1. The molecule has 0 heterocycles. The Kier molecular flexibility index (Phi) is 20.5. The molecular weight excluding hydrogens is 515 g/mol. The van der Waals surface area contributed by atoms with Gasteiger partial charge in [-0.2, -0.15) is 0 Å². The third kappa shape index (κ3) is 15.2. The lowest BCUT2D eigenvalue weighted by molar-refractivity contribution is 0.914. The van der Waals surface area contributed by atoms with Crippen molar-refractivity contribution in [3.8, 4) is 0 Å². The van der Waals surface area contributed by atoms with Crippen LogP contribution in [0.25, 0.3) is 0 Å². The first-order valence-electron chi connectivity index (χ1n) is 13.8. The van der Waals surface area contributed by atoms with E-state index < -0.39 is 33.7 Å². The van der Waals surface area contributed by atoms with Crippen molar-refractivity contribution in [3.05, 3.63) is 61.2 Å². The van der Waals surface area contributed by atoms with Crippen molar-refractivity contribution in [2.45, 2.75) is 84.7 Å². The van der Waals surface area contributed by atoms with Crippen LogP contribution in [0, 0.1) is 0 Å². The number of hydrogen-bond donors (Lipinski definition) is 3. The van der Waals surface area contributed by atoms with Crippen LogP contribution in [0.5, 0.6) is 0 Å². The van der Waals surface area contributed by atoms with Gasteiger partial charge in [0.2, 0.25) is 0 Å². The van der Waals surface area contributed by atoms with Gasteiger partial charge in [-0.15, -0.1) is 6.58 Å². The maximum absolute atomic E-state index is 5.66. The zero-order valence-electron chi connectivity index (χ0n) is 24.7. The second-order valence-electron chi connectivity index (χ2n) is 11.6. The average molecular weight is 576 g/mol. The summed E-state index contributed by atoms with van der Waals surface area (Å²) in [7, 11) is -3.72. The summed E-state index contributed by atoms with van der Waals surface area (Å²) < 4.78 is 0. The Bertz CT molecular complexity index is 767. The molecule has 37 heavy (non-hydrogen) atoms. The van der Waals surface area contributed by atoms with E-state index in [0.717, 1.165) is 25.9 Å². The molecule has 0 radical (unpaired) electrons. The van der Waals surface area contributed by atoms with E-state index in [1.807, 2.05) is 0 Å². The third-order valence-corrected chi connectivity index (χ3v) is 17.3. The fraction of sp³-hybridized carbons (Fsp3) is 0.533. The van der Waals surface area contributed by atoms with Crippen LogP contribution in [-0.2, 0) is 0 Å². The van der Waals surface area contributed by atoms with E-state index in [0.29, 0.717) is 6.54 Å². The van der Waals surface area contributed by atoms with Gasteiger partial charge in [0.15, 0.2) is 0 Å². The maximum atomic E-state index is 5.66. The lowest BCUT2D eigenvalue weighted by Gasteiger charge is -2.26. The van der Waals surface area contributed by atoms with Gasteiger partial charge in [0.05, 0.1) is 33.7 Å². The predicted octanol–water partition coefficient (Wildman–Crippen LogP) is 4.06. The standard InChI is InChI=1S/C16H32N2Si2.C10H18Si2.C3H7N.CH4/c1-19(2,13-5-11-17)15-7-9-16(10-8-15)20(3,4)14-6-12-18;1-11(2)9-5-7-10(8-6-9)12(3)4;1-2-3-4;/h7-10H,5-6,11-14,17-18H2,1-4H3;5-8,11-12H,1-4H3;2H,1,3-4H2;1H4. The molecule has 0 aliphatic carbocycles. The topological polar surface area (TPSA) is 78.1 Å². The van der Waals surface area contributed by atoms with Gasteiger partial charge in [0.25, 0.3) is 0 Å². The van der Waals surface area contributed by atoms with Crippen LogP contribution in [0.15, 0.2) is 61.2 Å². The van der Waals surface area contributed by atoms with Gasteiger partial charge in [-0.25, -0.2) is 0 Å². The minimum absolute atomic E-state index is 0. The van der Waals surface area contributed by atoms with E-state index in [9.17, 15) is 0 Å². The average Bonchev–Trinajstić information content (AvgIpc) is 2.87. The Morgan fingerprint density at radius 1 is 0.649 bits per heavy atom. The molecule has 0 aliphatic rings. The van der Waals surface area contributed by atoms with Crippen molar-refractivity contribution in [2.75, 3.05) is 19.6 Å². The highest BCUT2D eigenvalue weighted by Gasteiger charge is 2.25. The molecule has 0 saturated heterocycles. The first-order chi connectivity index (χ1) is 16.9. The van der Waals surface area contributed by atoms with Crippen molar-refractivity contribution in [1.29, 1.82) is 0 Å². The molecule has 0 spiro atoms. The van der Waals surface area contributed by atoms with Crippen molar-refractivity contribution < 1.29 is 0 Å². The Balaban J connectivity index is 0. The van der Waals surface area contributed by atoms with Crippen LogP contribution in [0.2, 0.25) is 64.5 Å². The molecule has 0 saturated carbocycles. The summed E-state index contributed by atoms with van der Waals surface area (Å²) in [6.07, 6.45) is 3.95. The normalized spacial score (nSPS) is 11.2. The Morgan fingerprint density at radius 2 is 0.919 bits per heavy atom. The largest absolute Gasteiger partial charge is 0.330 e. The van der Waals surface area contributed by atoms with Crippen molar-refractivity contribution in [1.82, 2.24) is 0 Å². The van der Waals surface area contributed by atoms with E-state index in [1.54, 1.807) is 26.8 Å². The van der Waals surface area contributed by atoms with Gasteiger partial charge in [-0.3, -0.25) is 0 Å². The SMILES string of the molecule is C.C=CCN.C[SiH](C)c1ccc([SiH](C)C)cc1.C[Si](C)(CCCN)c1ccc([Si](C)(C)CCCN)cc1. The Morgan fingerprint density at radius 3 is 1.11 bits per heavy atom. The molecule has 7 heteroatoms. The van der Waals surface area contributed by atoms with Crippen LogP contribution in [0.1, 0.15) is 20.3 Å². The first-order valence-corrected chi connectivity index (χ1v) is 26.0. The zero-order valence-corrected chi connectivity index (χ0v) is 29.0. The highest BCUT2D eigenvalue weighted by atomic mass is 28.3. The molecule has 0 fully saturated rings. The highest BCUT2D eigenvalue weighted by Crippen LogP contribution is 2.14. The summed E-state index contributed by atoms with van der Waals surface area (Å²) in [6, 6.07) is 21.4. The maximum Gasteiger partial charge on any atom is 0.0806 e. The number of benzene rings is 2. The number of hydrogen-bond acceptors (Lipinski definition) is 3. The van der Waals surface area contributed by atoms with E-state index in [2.05, 4.69) is 107 Å². The molecule has 0 unspecified atom stereocenters. The van der Waals surface area contributed by atoms with Crippen molar-refractivity contribution in [3.63, 3.8) is 0 Å². The van der Waals surface area contributed by atoms with Gasteiger partial charge in [-0.05, 0) is 25.9 Å². The molecule has 0 aromatic heterocycles. The second kappa shape index (κ2) is 19.9. The lowest BCUT2D eigenvalue weighted by Crippen LogP contribution is -2.45. The van der Waals surface area contributed by atoms with Gasteiger partial charge >= 0.3 is 0 Å².